The topological polar surface area (TPSA) is 27.7 Å². The van der Waals surface area contributed by atoms with Gasteiger partial charge in [0.1, 0.15) is 18.5 Å². The number of hydrogen-bond acceptors (Lipinski definition) is 3. The zero-order valence-electron chi connectivity index (χ0n) is 5.42. The Morgan fingerprint density at radius 1 is 1.56 bits per heavy atom. The standard InChI is InChI=1S/C6H10O3/c1-6-3-7-2-5(6)8-4-9-6/h5H,2-4H2,1H3. The second-order valence-electron chi connectivity index (χ2n) is 2.75. The molecule has 2 saturated heterocycles. The summed E-state index contributed by atoms with van der Waals surface area (Å²) in [5.41, 5.74) is -0.139. The van der Waals surface area contributed by atoms with Crippen LogP contribution in [0.2, 0.25) is 0 Å². The molecule has 2 aliphatic heterocycles. The molecule has 0 aliphatic carbocycles. The fourth-order valence-electron chi connectivity index (χ4n) is 1.25. The molecule has 52 valence electrons. The predicted octanol–water partition coefficient (Wildman–Crippen LogP) is 0.148. The average molecular weight is 130 g/mol. The molecule has 2 heterocycles. The van der Waals surface area contributed by atoms with Crippen LogP contribution in [0.25, 0.3) is 0 Å². The van der Waals surface area contributed by atoms with Crippen molar-refractivity contribution in [1.29, 1.82) is 0 Å². The van der Waals surface area contributed by atoms with Crippen LogP contribution in [0.4, 0.5) is 0 Å². The number of rotatable bonds is 0. The van der Waals surface area contributed by atoms with Gasteiger partial charge in [0.2, 0.25) is 0 Å². The maximum absolute atomic E-state index is 5.32. The van der Waals surface area contributed by atoms with Gasteiger partial charge < -0.3 is 14.2 Å². The molecule has 0 N–H and O–H groups in total. The lowest BCUT2D eigenvalue weighted by Crippen LogP contribution is -2.34. The molecule has 0 bridgehead atoms. The molecule has 9 heavy (non-hydrogen) atoms. The highest BCUT2D eigenvalue weighted by molar-refractivity contribution is 4.92. The maximum Gasteiger partial charge on any atom is 0.148 e. The van der Waals surface area contributed by atoms with Gasteiger partial charge in [-0.3, -0.25) is 0 Å². The van der Waals surface area contributed by atoms with Crippen molar-refractivity contribution < 1.29 is 14.2 Å². The van der Waals surface area contributed by atoms with E-state index >= 15 is 0 Å². The number of hydrogen-bond donors (Lipinski definition) is 0. The first-order chi connectivity index (χ1) is 4.31. The van der Waals surface area contributed by atoms with E-state index in [-0.39, 0.29) is 11.7 Å². The molecule has 0 radical (unpaired) electrons. The van der Waals surface area contributed by atoms with E-state index < -0.39 is 0 Å². The Kier molecular flexibility index (Phi) is 1.06. The zero-order chi connectivity index (χ0) is 6.32. The summed E-state index contributed by atoms with van der Waals surface area (Å²) < 4.78 is 15.7. The molecular weight excluding hydrogens is 120 g/mol. The van der Waals surface area contributed by atoms with E-state index in [1.165, 1.54) is 0 Å². The van der Waals surface area contributed by atoms with Crippen molar-refractivity contribution in [1.82, 2.24) is 0 Å². The fraction of sp³-hybridized carbons (Fsp3) is 1.00. The van der Waals surface area contributed by atoms with Crippen molar-refractivity contribution in [2.75, 3.05) is 20.0 Å². The SMILES string of the molecule is CC12COCC1OCO2. The van der Waals surface area contributed by atoms with E-state index in [1.54, 1.807) is 0 Å². The summed E-state index contributed by atoms with van der Waals surface area (Å²) in [6, 6.07) is 0. The molecule has 3 heteroatoms. The van der Waals surface area contributed by atoms with E-state index in [0.717, 1.165) is 0 Å². The van der Waals surface area contributed by atoms with E-state index in [9.17, 15) is 0 Å². The smallest absolute Gasteiger partial charge is 0.148 e. The fourth-order valence-corrected chi connectivity index (χ4v) is 1.25. The Hall–Kier alpha value is -0.120. The molecule has 0 spiro atoms. The monoisotopic (exact) mass is 130 g/mol. The highest BCUT2D eigenvalue weighted by Crippen LogP contribution is 2.30. The Morgan fingerprint density at radius 2 is 2.44 bits per heavy atom. The molecule has 2 rings (SSSR count). The van der Waals surface area contributed by atoms with Crippen LogP contribution in [-0.4, -0.2) is 31.7 Å². The van der Waals surface area contributed by atoms with Crippen molar-refractivity contribution in [2.24, 2.45) is 0 Å². The minimum atomic E-state index is -0.139. The van der Waals surface area contributed by atoms with Gasteiger partial charge in [0, 0.05) is 0 Å². The van der Waals surface area contributed by atoms with Gasteiger partial charge in [-0.1, -0.05) is 0 Å². The minimum Gasteiger partial charge on any atom is -0.376 e. The summed E-state index contributed by atoms with van der Waals surface area (Å²) in [6.07, 6.45) is 0.178. The molecule has 2 atom stereocenters. The minimum absolute atomic E-state index is 0.139. The van der Waals surface area contributed by atoms with Crippen LogP contribution in [-0.2, 0) is 14.2 Å². The number of ether oxygens (including phenoxy) is 3. The molecule has 0 saturated carbocycles. The van der Waals surface area contributed by atoms with Gasteiger partial charge in [-0.05, 0) is 6.92 Å². The quantitative estimate of drug-likeness (QED) is 0.467. The molecule has 0 aromatic rings. The van der Waals surface area contributed by atoms with Crippen LogP contribution in [0.1, 0.15) is 6.92 Å². The number of fused-ring (bicyclic) bond motifs is 1. The van der Waals surface area contributed by atoms with Gasteiger partial charge in [0.05, 0.1) is 13.2 Å². The second kappa shape index (κ2) is 1.68. The van der Waals surface area contributed by atoms with Gasteiger partial charge >= 0.3 is 0 Å². The Bertz CT molecular complexity index is 113. The summed E-state index contributed by atoms with van der Waals surface area (Å²) in [7, 11) is 0. The van der Waals surface area contributed by atoms with Gasteiger partial charge in [0.15, 0.2) is 0 Å². The molecule has 0 aromatic heterocycles. The summed E-state index contributed by atoms with van der Waals surface area (Å²) in [5, 5.41) is 0. The molecular formula is C6H10O3. The first-order valence-electron chi connectivity index (χ1n) is 3.15. The maximum atomic E-state index is 5.32. The van der Waals surface area contributed by atoms with Crippen molar-refractivity contribution in [2.45, 2.75) is 18.6 Å². The lowest BCUT2D eigenvalue weighted by atomic mass is 10.0. The highest BCUT2D eigenvalue weighted by Gasteiger charge is 2.46. The third kappa shape index (κ3) is 0.689. The second-order valence-corrected chi connectivity index (χ2v) is 2.75. The summed E-state index contributed by atoms with van der Waals surface area (Å²) >= 11 is 0. The van der Waals surface area contributed by atoms with Crippen LogP contribution < -0.4 is 0 Å². The summed E-state index contributed by atoms with van der Waals surface area (Å²) in [5.74, 6) is 0. The molecule has 2 fully saturated rings. The van der Waals surface area contributed by atoms with Crippen LogP contribution in [0.3, 0.4) is 0 Å². The third-order valence-electron chi connectivity index (χ3n) is 2.00. The van der Waals surface area contributed by atoms with E-state index in [0.29, 0.717) is 20.0 Å². The van der Waals surface area contributed by atoms with Gasteiger partial charge in [-0.2, -0.15) is 0 Å². The molecule has 2 unspecified atom stereocenters. The van der Waals surface area contributed by atoms with E-state index in [1.807, 2.05) is 6.92 Å². The lowest BCUT2D eigenvalue weighted by molar-refractivity contribution is -0.0370. The largest absolute Gasteiger partial charge is 0.376 e. The molecule has 3 nitrogen and oxygen atoms in total. The van der Waals surface area contributed by atoms with Crippen molar-refractivity contribution in [3.63, 3.8) is 0 Å². The van der Waals surface area contributed by atoms with Gasteiger partial charge in [-0.25, -0.2) is 0 Å². The Balaban J connectivity index is 2.17. The third-order valence-corrected chi connectivity index (χ3v) is 2.00. The van der Waals surface area contributed by atoms with E-state index in [4.69, 9.17) is 14.2 Å². The van der Waals surface area contributed by atoms with Crippen LogP contribution in [0, 0.1) is 0 Å². The normalized spacial score (nSPS) is 49.7. The van der Waals surface area contributed by atoms with Gasteiger partial charge in [0.25, 0.3) is 0 Å². The van der Waals surface area contributed by atoms with Crippen LogP contribution in [0.5, 0.6) is 0 Å². The first-order valence-corrected chi connectivity index (χ1v) is 3.15. The average Bonchev–Trinajstić information content (AvgIpc) is 2.22. The molecule has 0 amide bonds. The van der Waals surface area contributed by atoms with Crippen LogP contribution in [0.15, 0.2) is 0 Å². The van der Waals surface area contributed by atoms with E-state index in [2.05, 4.69) is 0 Å². The van der Waals surface area contributed by atoms with Crippen molar-refractivity contribution in [3.05, 3.63) is 0 Å². The summed E-state index contributed by atoms with van der Waals surface area (Å²) in [4.78, 5) is 0. The Morgan fingerprint density at radius 3 is 3.22 bits per heavy atom. The lowest BCUT2D eigenvalue weighted by Gasteiger charge is -2.16. The van der Waals surface area contributed by atoms with Gasteiger partial charge in [-0.15, -0.1) is 0 Å². The Labute approximate surface area is 53.9 Å². The summed E-state index contributed by atoms with van der Waals surface area (Å²) in [6.45, 7) is 3.83. The highest BCUT2D eigenvalue weighted by atomic mass is 16.7. The van der Waals surface area contributed by atoms with Crippen molar-refractivity contribution >= 4 is 0 Å². The zero-order valence-corrected chi connectivity index (χ0v) is 5.42. The predicted molar refractivity (Wildman–Crippen MR) is 30.0 cm³/mol. The van der Waals surface area contributed by atoms with Crippen LogP contribution >= 0.6 is 0 Å². The molecule has 2 aliphatic rings. The first kappa shape index (κ1) is 5.65. The molecule has 0 aromatic carbocycles. The van der Waals surface area contributed by atoms with Crippen molar-refractivity contribution in [3.8, 4) is 0 Å².